The number of hydrogen-bond acceptors (Lipinski definition) is 4. The molecule has 1 N–H and O–H groups in total. The number of ether oxygens (including phenoxy) is 1. The van der Waals surface area contributed by atoms with Gasteiger partial charge < -0.3 is 9.84 Å². The van der Waals surface area contributed by atoms with Gasteiger partial charge in [-0.2, -0.15) is 0 Å². The van der Waals surface area contributed by atoms with Gasteiger partial charge in [0.05, 0.1) is 16.3 Å². The van der Waals surface area contributed by atoms with Gasteiger partial charge in [-0.1, -0.05) is 13.0 Å². The molecule has 0 aliphatic carbocycles. The maximum absolute atomic E-state index is 11.0. The summed E-state index contributed by atoms with van der Waals surface area (Å²) in [5, 5.41) is 12.1. The summed E-state index contributed by atoms with van der Waals surface area (Å²) in [7, 11) is 0. The lowest BCUT2D eigenvalue weighted by atomic mass is 10.1. The Bertz CT molecular complexity index is 592. The van der Waals surface area contributed by atoms with E-state index in [4.69, 9.17) is 9.84 Å². The number of thiazole rings is 1. The number of carboxylic acids is 1. The second kappa shape index (κ2) is 5.84. The summed E-state index contributed by atoms with van der Waals surface area (Å²) in [6.45, 7) is 4.17. The predicted octanol–water partition coefficient (Wildman–Crippen LogP) is 3.29. The molecule has 0 spiro atoms. The molecule has 2 rings (SSSR count). The lowest BCUT2D eigenvalue weighted by Crippen LogP contribution is -2.03. The molecule has 2 aromatic rings. The number of aryl methyl sites for hydroxylation is 1. The van der Waals surface area contributed by atoms with Crippen molar-refractivity contribution in [1.29, 1.82) is 0 Å². The number of carboxylic acid groups (broad SMARTS) is 1. The van der Waals surface area contributed by atoms with E-state index in [0.717, 1.165) is 17.1 Å². The minimum atomic E-state index is -0.940. The molecule has 0 aliphatic rings. The summed E-state index contributed by atoms with van der Waals surface area (Å²) in [6, 6.07) is 5.03. The maximum Gasteiger partial charge on any atom is 0.336 e. The molecule has 19 heavy (non-hydrogen) atoms. The van der Waals surface area contributed by atoms with Crippen molar-refractivity contribution in [2.75, 3.05) is 0 Å². The molecule has 0 aliphatic heterocycles. The van der Waals surface area contributed by atoms with Crippen LogP contribution in [0.1, 0.15) is 33.5 Å². The van der Waals surface area contributed by atoms with E-state index in [2.05, 4.69) is 11.9 Å². The van der Waals surface area contributed by atoms with Gasteiger partial charge in [0.2, 0.25) is 0 Å². The van der Waals surface area contributed by atoms with Crippen LogP contribution in [0.5, 0.6) is 5.75 Å². The summed E-state index contributed by atoms with van der Waals surface area (Å²) in [5.74, 6) is -0.351. The fraction of sp³-hybridized carbons (Fsp3) is 0.286. The molecule has 100 valence electrons. The molecule has 0 amide bonds. The van der Waals surface area contributed by atoms with Crippen LogP contribution in [0.25, 0.3) is 0 Å². The summed E-state index contributed by atoms with van der Waals surface area (Å²) >= 11 is 1.61. The van der Waals surface area contributed by atoms with Crippen LogP contribution in [0.4, 0.5) is 0 Å². The normalized spacial score (nSPS) is 10.4. The van der Waals surface area contributed by atoms with Gasteiger partial charge >= 0.3 is 5.97 Å². The first-order valence-corrected chi connectivity index (χ1v) is 6.88. The van der Waals surface area contributed by atoms with Crippen molar-refractivity contribution in [1.82, 2.24) is 4.98 Å². The first-order chi connectivity index (χ1) is 9.11. The third kappa shape index (κ3) is 3.12. The van der Waals surface area contributed by atoms with Crippen LogP contribution in [0.2, 0.25) is 0 Å². The molecule has 1 aromatic carbocycles. The van der Waals surface area contributed by atoms with Crippen LogP contribution >= 0.6 is 11.3 Å². The van der Waals surface area contributed by atoms with Gasteiger partial charge in [0.15, 0.2) is 0 Å². The van der Waals surface area contributed by atoms with Crippen molar-refractivity contribution in [3.8, 4) is 5.75 Å². The van der Waals surface area contributed by atoms with Crippen LogP contribution in [-0.4, -0.2) is 16.1 Å². The monoisotopic (exact) mass is 277 g/mol. The summed E-state index contributed by atoms with van der Waals surface area (Å²) < 4.78 is 5.65. The predicted molar refractivity (Wildman–Crippen MR) is 74.0 cm³/mol. The number of benzene rings is 1. The van der Waals surface area contributed by atoms with E-state index < -0.39 is 5.97 Å². The van der Waals surface area contributed by atoms with Gasteiger partial charge in [-0.05, 0) is 25.5 Å². The van der Waals surface area contributed by atoms with E-state index in [1.165, 1.54) is 0 Å². The molecule has 0 bridgehead atoms. The fourth-order valence-corrected chi connectivity index (χ4v) is 2.46. The number of rotatable bonds is 5. The quantitative estimate of drug-likeness (QED) is 0.911. The second-order valence-electron chi connectivity index (χ2n) is 4.11. The summed E-state index contributed by atoms with van der Waals surface area (Å²) in [4.78, 5) is 15.4. The van der Waals surface area contributed by atoms with Gasteiger partial charge in [0, 0.05) is 10.9 Å². The molecule has 1 heterocycles. The highest BCUT2D eigenvalue weighted by atomic mass is 32.1. The molecule has 0 saturated heterocycles. The zero-order valence-electron chi connectivity index (χ0n) is 10.8. The number of aromatic nitrogens is 1. The molecule has 0 radical (unpaired) electrons. The van der Waals surface area contributed by atoms with Crippen LogP contribution in [0, 0.1) is 6.92 Å². The standard InChI is InChI=1S/C14H15NO3S/c1-3-13-15-10(8-19-13)7-18-12-6-4-5-11(9(12)2)14(16)17/h4-6,8H,3,7H2,1-2H3,(H,16,17). The van der Waals surface area contributed by atoms with E-state index >= 15 is 0 Å². The van der Waals surface area contributed by atoms with E-state index in [1.54, 1.807) is 36.5 Å². The number of hydrogen-bond donors (Lipinski definition) is 1. The van der Waals surface area contributed by atoms with Gasteiger partial charge in [0.25, 0.3) is 0 Å². The molecule has 1 aromatic heterocycles. The number of carbonyl (C=O) groups is 1. The largest absolute Gasteiger partial charge is 0.487 e. The zero-order chi connectivity index (χ0) is 13.8. The van der Waals surface area contributed by atoms with Crippen molar-refractivity contribution in [2.45, 2.75) is 26.9 Å². The van der Waals surface area contributed by atoms with Crippen molar-refractivity contribution in [3.63, 3.8) is 0 Å². The molecular formula is C14H15NO3S. The average molecular weight is 277 g/mol. The minimum absolute atomic E-state index is 0.269. The van der Waals surface area contributed by atoms with Crippen molar-refractivity contribution >= 4 is 17.3 Å². The Kier molecular flexibility index (Phi) is 4.16. The lowest BCUT2D eigenvalue weighted by molar-refractivity contribution is 0.0695. The van der Waals surface area contributed by atoms with Crippen LogP contribution < -0.4 is 4.74 Å². The highest BCUT2D eigenvalue weighted by Crippen LogP contribution is 2.22. The molecule has 4 nitrogen and oxygen atoms in total. The third-order valence-corrected chi connectivity index (χ3v) is 3.83. The van der Waals surface area contributed by atoms with Gasteiger partial charge in [-0.15, -0.1) is 11.3 Å². The van der Waals surface area contributed by atoms with E-state index in [0.29, 0.717) is 17.9 Å². The second-order valence-corrected chi connectivity index (χ2v) is 5.05. The number of aromatic carboxylic acids is 1. The Morgan fingerprint density at radius 1 is 1.47 bits per heavy atom. The highest BCUT2D eigenvalue weighted by molar-refractivity contribution is 7.09. The summed E-state index contributed by atoms with van der Waals surface area (Å²) in [5.41, 5.74) is 1.79. The fourth-order valence-electron chi connectivity index (χ4n) is 1.73. The van der Waals surface area contributed by atoms with Gasteiger partial charge in [0.1, 0.15) is 12.4 Å². The highest BCUT2D eigenvalue weighted by Gasteiger charge is 2.11. The molecule has 5 heteroatoms. The first-order valence-electron chi connectivity index (χ1n) is 6.00. The zero-order valence-corrected chi connectivity index (χ0v) is 11.7. The Hall–Kier alpha value is -1.88. The third-order valence-electron chi connectivity index (χ3n) is 2.79. The van der Waals surface area contributed by atoms with Crippen molar-refractivity contribution in [3.05, 3.63) is 45.4 Å². The minimum Gasteiger partial charge on any atom is -0.487 e. The topological polar surface area (TPSA) is 59.4 Å². The van der Waals surface area contributed by atoms with Crippen LogP contribution in [0.3, 0.4) is 0 Å². The Labute approximate surface area is 115 Å². The van der Waals surface area contributed by atoms with Gasteiger partial charge in [-0.3, -0.25) is 0 Å². The average Bonchev–Trinajstić information content (AvgIpc) is 2.85. The van der Waals surface area contributed by atoms with Crippen molar-refractivity contribution < 1.29 is 14.6 Å². The molecule has 0 atom stereocenters. The maximum atomic E-state index is 11.0. The van der Waals surface area contributed by atoms with Crippen molar-refractivity contribution in [2.24, 2.45) is 0 Å². The lowest BCUT2D eigenvalue weighted by Gasteiger charge is -2.09. The molecule has 0 saturated carbocycles. The Balaban J connectivity index is 2.11. The number of nitrogens with zero attached hydrogens (tertiary/aromatic N) is 1. The smallest absolute Gasteiger partial charge is 0.336 e. The first kappa shape index (κ1) is 13.5. The van der Waals surface area contributed by atoms with E-state index in [-0.39, 0.29) is 5.56 Å². The van der Waals surface area contributed by atoms with Crippen LogP contribution in [0.15, 0.2) is 23.6 Å². The summed E-state index contributed by atoms with van der Waals surface area (Å²) in [6.07, 6.45) is 0.915. The Morgan fingerprint density at radius 3 is 2.89 bits per heavy atom. The SMILES string of the molecule is CCc1nc(COc2cccc(C(=O)O)c2C)cs1. The van der Waals surface area contributed by atoms with E-state index in [9.17, 15) is 4.79 Å². The molecular weight excluding hydrogens is 262 g/mol. The van der Waals surface area contributed by atoms with E-state index in [1.807, 2.05) is 5.38 Å². The molecule has 0 fully saturated rings. The van der Waals surface area contributed by atoms with Crippen LogP contribution in [-0.2, 0) is 13.0 Å². The molecule has 0 unspecified atom stereocenters. The Morgan fingerprint density at radius 2 is 2.26 bits per heavy atom. The van der Waals surface area contributed by atoms with Gasteiger partial charge in [-0.25, -0.2) is 9.78 Å².